The Labute approximate surface area is 441 Å². The first-order chi connectivity index (χ1) is 35.0. The van der Waals surface area contributed by atoms with Gasteiger partial charge >= 0.3 is 17.9 Å². The molecule has 6 heteroatoms. The van der Waals surface area contributed by atoms with Crippen LogP contribution in [0.15, 0.2) is 48.6 Å². The molecule has 0 aliphatic rings. The Morgan fingerprint density at radius 1 is 0.296 bits per heavy atom. The van der Waals surface area contributed by atoms with Crippen molar-refractivity contribution in [2.45, 2.75) is 335 Å². The zero-order valence-electron chi connectivity index (χ0n) is 47.5. The van der Waals surface area contributed by atoms with Gasteiger partial charge in [-0.3, -0.25) is 14.4 Å². The highest BCUT2D eigenvalue weighted by atomic mass is 16.6. The van der Waals surface area contributed by atoms with Gasteiger partial charge < -0.3 is 14.2 Å². The van der Waals surface area contributed by atoms with Gasteiger partial charge in [-0.2, -0.15) is 0 Å². The van der Waals surface area contributed by atoms with Gasteiger partial charge in [0, 0.05) is 19.3 Å². The molecule has 0 aliphatic heterocycles. The number of esters is 3. The largest absolute Gasteiger partial charge is 0.462 e. The molecular weight excluding hydrogens is 877 g/mol. The highest BCUT2D eigenvalue weighted by Gasteiger charge is 2.19. The second kappa shape index (κ2) is 59.9. The molecule has 0 N–H and O–H groups in total. The monoisotopic (exact) mass is 995 g/mol. The first kappa shape index (κ1) is 68.4. The highest BCUT2D eigenvalue weighted by Crippen LogP contribution is 2.17. The highest BCUT2D eigenvalue weighted by molar-refractivity contribution is 5.71. The van der Waals surface area contributed by atoms with Crippen molar-refractivity contribution in [1.82, 2.24) is 0 Å². The average molecular weight is 996 g/mol. The molecule has 0 radical (unpaired) electrons. The standard InChI is InChI=1S/C65H118O6/c1-4-7-10-13-16-19-22-25-27-29-30-31-32-33-34-36-37-40-43-46-49-52-55-58-64(67)70-61-62(60-69-63(66)57-54-51-48-45-42-39-24-21-18-15-12-9-6-3)71-65(68)59-56-53-50-47-44-41-38-35-28-26-23-20-17-14-11-8-5-2/h7,10,16,19,25,27,30-31,62H,4-6,8-9,11-15,17-18,20-24,26,28-29,32-61H2,1-3H3/b10-7-,19-16-,27-25-,31-30-. The molecule has 0 amide bonds. The zero-order chi connectivity index (χ0) is 51.4. The third kappa shape index (κ3) is 58.1. The fourth-order valence-corrected chi connectivity index (χ4v) is 9.20. The topological polar surface area (TPSA) is 78.9 Å². The lowest BCUT2D eigenvalue weighted by Crippen LogP contribution is -2.30. The van der Waals surface area contributed by atoms with Crippen molar-refractivity contribution < 1.29 is 28.6 Å². The Balaban J connectivity index is 4.29. The number of carbonyl (C=O) groups excluding carboxylic acids is 3. The third-order valence-corrected chi connectivity index (χ3v) is 13.8. The summed E-state index contributed by atoms with van der Waals surface area (Å²) in [4.78, 5) is 38.3. The molecule has 0 rings (SSSR count). The quantitative estimate of drug-likeness (QED) is 0.0261. The first-order valence-electron chi connectivity index (χ1n) is 31.1. The summed E-state index contributed by atoms with van der Waals surface area (Å²) in [6.07, 6.45) is 73.9. The minimum atomic E-state index is -0.771. The molecule has 6 nitrogen and oxygen atoms in total. The predicted octanol–water partition coefficient (Wildman–Crippen LogP) is 21.0. The van der Waals surface area contributed by atoms with Gasteiger partial charge in [0.15, 0.2) is 6.10 Å². The van der Waals surface area contributed by atoms with E-state index in [-0.39, 0.29) is 31.1 Å². The molecule has 1 unspecified atom stereocenters. The summed E-state index contributed by atoms with van der Waals surface area (Å²) in [5.41, 5.74) is 0. The lowest BCUT2D eigenvalue weighted by Gasteiger charge is -2.18. The zero-order valence-corrected chi connectivity index (χ0v) is 47.5. The molecule has 0 aromatic heterocycles. The van der Waals surface area contributed by atoms with Crippen LogP contribution >= 0.6 is 0 Å². The summed E-state index contributed by atoms with van der Waals surface area (Å²) in [5.74, 6) is -0.851. The minimum Gasteiger partial charge on any atom is -0.462 e. The molecule has 414 valence electrons. The van der Waals surface area contributed by atoms with E-state index in [0.717, 1.165) is 83.5 Å². The van der Waals surface area contributed by atoms with Gasteiger partial charge in [-0.1, -0.05) is 301 Å². The average Bonchev–Trinajstić information content (AvgIpc) is 3.37. The van der Waals surface area contributed by atoms with E-state index in [0.29, 0.717) is 19.3 Å². The predicted molar refractivity (Wildman–Crippen MR) is 307 cm³/mol. The molecule has 0 saturated carbocycles. The summed E-state index contributed by atoms with van der Waals surface area (Å²) < 4.78 is 16.9. The summed E-state index contributed by atoms with van der Waals surface area (Å²) in [7, 11) is 0. The maximum absolute atomic E-state index is 12.9. The van der Waals surface area contributed by atoms with Crippen LogP contribution in [-0.2, 0) is 28.6 Å². The first-order valence-corrected chi connectivity index (χ1v) is 31.1. The maximum atomic E-state index is 12.9. The second-order valence-electron chi connectivity index (χ2n) is 21.0. The molecule has 0 saturated heterocycles. The molecule has 0 bridgehead atoms. The van der Waals surface area contributed by atoms with Gasteiger partial charge in [-0.15, -0.1) is 0 Å². The SMILES string of the molecule is CC/C=C\C/C=C\C/C=C\C/C=C\CCCCCCCCCCCCC(=O)OCC(COC(=O)CCCCCCCCCCCCCCC)OC(=O)CCCCCCCCCCCCCCCCCCC. The van der Waals surface area contributed by atoms with Crippen molar-refractivity contribution in [2.75, 3.05) is 13.2 Å². The molecule has 71 heavy (non-hydrogen) atoms. The number of unbranched alkanes of at least 4 members (excludes halogenated alkanes) is 38. The van der Waals surface area contributed by atoms with Crippen molar-refractivity contribution in [2.24, 2.45) is 0 Å². The summed E-state index contributed by atoms with van der Waals surface area (Å²) in [6, 6.07) is 0. The van der Waals surface area contributed by atoms with Gasteiger partial charge in [-0.05, 0) is 57.8 Å². The summed E-state index contributed by atoms with van der Waals surface area (Å²) >= 11 is 0. The second-order valence-corrected chi connectivity index (χ2v) is 21.0. The fraction of sp³-hybridized carbons (Fsp3) is 0.831. The van der Waals surface area contributed by atoms with E-state index in [1.807, 2.05) is 0 Å². The van der Waals surface area contributed by atoms with E-state index < -0.39 is 6.10 Å². The molecule has 0 heterocycles. The van der Waals surface area contributed by atoms with Crippen molar-refractivity contribution in [3.05, 3.63) is 48.6 Å². The lowest BCUT2D eigenvalue weighted by molar-refractivity contribution is -0.167. The third-order valence-electron chi connectivity index (χ3n) is 13.8. The molecule has 0 aromatic rings. The van der Waals surface area contributed by atoms with Gasteiger partial charge in [0.25, 0.3) is 0 Å². The van der Waals surface area contributed by atoms with Crippen LogP contribution in [0.25, 0.3) is 0 Å². The van der Waals surface area contributed by atoms with Crippen LogP contribution in [0.1, 0.15) is 329 Å². The van der Waals surface area contributed by atoms with E-state index in [1.54, 1.807) is 0 Å². The fourth-order valence-electron chi connectivity index (χ4n) is 9.20. The van der Waals surface area contributed by atoms with E-state index in [1.165, 1.54) is 205 Å². The Morgan fingerprint density at radius 2 is 0.549 bits per heavy atom. The van der Waals surface area contributed by atoms with E-state index in [4.69, 9.17) is 14.2 Å². The van der Waals surface area contributed by atoms with Crippen LogP contribution in [-0.4, -0.2) is 37.2 Å². The van der Waals surface area contributed by atoms with E-state index in [9.17, 15) is 14.4 Å². The van der Waals surface area contributed by atoms with Gasteiger partial charge in [0.05, 0.1) is 0 Å². The van der Waals surface area contributed by atoms with Crippen molar-refractivity contribution in [3.8, 4) is 0 Å². The number of hydrogen-bond acceptors (Lipinski definition) is 6. The molecule has 0 fully saturated rings. The van der Waals surface area contributed by atoms with Crippen LogP contribution in [0.4, 0.5) is 0 Å². The number of rotatable bonds is 57. The smallest absolute Gasteiger partial charge is 0.306 e. The number of hydrogen-bond donors (Lipinski definition) is 0. The normalized spacial score (nSPS) is 12.3. The summed E-state index contributed by atoms with van der Waals surface area (Å²) in [6.45, 7) is 6.58. The lowest BCUT2D eigenvalue weighted by atomic mass is 10.0. The molecule has 1 atom stereocenters. The molecule has 0 aliphatic carbocycles. The van der Waals surface area contributed by atoms with Gasteiger partial charge in [0.1, 0.15) is 13.2 Å². The Bertz CT molecular complexity index is 1230. The Morgan fingerprint density at radius 3 is 0.859 bits per heavy atom. The van der Waals surface area contributed by atoms with Gasteiger partial charge in [0.2, 0.25) is 0 Å². The van der Waals surface area contributed by atoms with Crippen LogP contribution in [0.5, 0.6) is 0 Å². The molecule has 0 spiro atoms. The van der Waals surface area contributed by atoms with E-state index >= 15 is 0 Å². The van der Waals surface area contributed by atoms with Crippen molar-refractivity contribution >= 4 is 17.9 Å². The number of ether oxygens (including phenoxy) is 3. The van der Waals surface area contributed by atoms with Gasteiger partial charge in [-0.25, -0.2) is 0 Å². The number of carbonyl (C=O) groups is 3. The van der Waals surface area contributed by atoms with Crippen molar-refractivity contribution in [3.63, 3.8) is 0 Å². The maximum Gasteiger partial charge on any atom is 0.306 e. The summed E-state index contributed by atoms with van der Waals surface area (Å²) in [5, 5.41) is 0. The Kier molecular flexibility index (Phi) is 57.7. The number of allylic oxidation sites excluding steroid dienone is 8. The molecule has 0 aromatic carbocycles. The van der Waals surface area contributed by atoms with Crippen LogP contribution in [0, 0.1) is 0 Å². The Hall–Kier alpha value is -2.63. The van der Waals surface area contributed by atoms with E-state index in [2.05, 4.69) is 69.4 Å². The molecular formula is C65H118O6. The van der Waals surface area contributed by atoms with Crippen LogP contribution in [0.3, 0.4) is 0 Å². The van der Waals surface area contributed by atoms with Crippen LogP contribution < -0.4 is 0 Å². The van der Waals surface area contributed by atoms with Crippen molar-refractivity contribution in [1.29, 1.82) is 0 Å². The van der Waals surface area contributed by atoms with Crippen LogP contribution in [0.2, 0.25) is 0 Å². The minimum absolute atomic E-state index is 0.0688.